The lowest BCUT2D eigenvalue weighted by atomic mass is 10.4. The van der Waals surface area contributed by atoms with Crippen LogP contribution in [0.2, 0.25) is 0 Å². The zero-order valence-electron chi connectivity index (χ0n) is 8.29. The molecule has 2 saturated heterocycles. The Morgan fingerprint density at radius 1 is 0.786 bits per heavy atom. The second-order valence-corrected chi connectivity index (χ2v) is 2.65. The molecule has 0 bridgehead atoms. The van der Waals surface area contributed by atoms with Crippen molar-refractivity contribution in [3.05, 3.63) is 0 Å². The first-order valence-electron chi connectivity index (χ1n) is 4.10. The Labute approximate surface area is 83.1 Å². The van der Waals surface area contributed by atoms with Gasteiger partial charge in [0.15, 0.2) is 0 Å². The van der Waals surface area contributed by atoms with Crippen LogP contribution in [-0.4, -0.2) is 25.2 Å². The first-order valence-corrected chi connectivity index (χ1v) is 4.10. The minimum atomic E-state index is -0.0463. The van der Waals surface area contributed by atoms with E-state index < -0.39 is 0 Å². The van der Waals surface area contributed by atoms with Gasteiger partial charge in [0.2, 0.25) is 0 Å². The summed E-state index contributed by atoms with van der Waals surface area (Å²) in [6.07, 6.45) is 3.08. The van der Waals surface area contributed by atoms with Crippen LogP contribution in [0.5, 0.6) is 0 Å². The number of carbonyl (C=O) groups excluding carboxylic acids is 2. The number of hydrogen-bond donors (Lipinski definition) is 2. The Morgan fingerprint density at radius 2 is 1.14 bits per heavy atom. The fraction of sp³-hybridized carbons (Fsp3) is 0.750. The predicted molar refractivity (Wildman–Crippen MR) is 50.4 cm³/mol. The third-order valence-corrected chi connectivity index (χ3v) is 1.58. The van der Waals surface area contributed by atoms with Crippen molar-refractivity contribution in [1.29, 1.82) is 0 Å². The summed E-state index contributed by atoms with van der Waals surface area (Å²) in [5.74, 6) is -0.0926. The summed E-state index contributed by atoms with van der Waals surface area (Å²) in [6.45, 7) is 1.28. The Morgan fingerprint density at radius 3 is 1.21 bits per heavy atom. The van der Waals surface area contributed by atoms with E-state index in [2.05, 4.69) is 9.47 Å². The molecule has 6 heteroatoms. The van der Waals surface area contributed by atoms with Gasteiger partial charge in [0, 0.05) is 12.8 Å². The van der Waals surface area contributed by atoms with E-state index in [4.69, 9.17) is 0 Å². The quantitative estimate of drug-likeness (QED) is 0.569. The molecule has 6 nitrogen and oxygen atoms in total. The fourth-order valence-corrected chi connectivity index (χ4v) is 0.949. The van der Waals surface area contributed by atoms with Crippen molar-refractivity contribution >= 4 is 11.9 Å². The van der Waals surface area contributed by atoms with Gasteiger partial charge in [0.1, 0.15) is 0 Å². The molecule has 0 atom stereocenters. The number of cyclic esters (lactones) is 2. The molecule has 0 amide bonds. The highest BCUT2D eigenvalue weighted by Crippen LogP contribution is 2.01. The first kappa shape index (κ1) is 15.3. The molecule has 2 aliphatic heterocycles. The maximum Gasteiger partial charge on any atom is 0.305 e. The summed E-state index contributed by atoms with van der Waals surface area (Å²) in [5.41, 5.74) is 0. The molecule has 0 radical (unpaired) electrons. The summed E-state index contributed by atoms with van der Waals surface area (Å²) in [6, 6.07) is 0. The molecule has 0 aromatic heterocycles. The van der Waals surface area contributed by atoms with Gasteiger partial charge in [-0.05, 0) is 12.8 Å². The van der Waals surface area contributed by atoms with E-state index in [1.807, 2.05) is 0 Å². The molecule has 2 aliphatic rings. The highest BCUT2D eigenvalue weighted by molar-refractivity contribution is 5.71. The summed E-state index contributed by atoms with van der Waals surface area (Å²) >= 11 is 0. The minimum Gasteiger partial charge on any atom is -0.466 e. The van der Waals surface area contributed by atoms with Crippen LogP contribution in [0.25, 0.3) is 0 Å². The molecule has 0 unspecified atom stereocenters. The number of esters is 2. The molecule has 0 aliphatic carbocycles. The van der Waals surface area contributed by atoms with E-state index in [0.29, 0.717) is 26.1 Å². The molecule has 0 aromatic rings. The molecular weight excluding hydrogens is 188 g/mol. The third kappa shape index (κ3) is 6.38. The summed E-state index contributed by atoms with van der Waals surface area (Å²) in [7, 11) is 0. The third-order valence-electron chi connectivity index (χ3n) is 1.58. The second kappa shape index (κ2) is 8.46. The van der Waals surface area contributed by atoms with Gasteiger partial charge in [-0.15, -0.1) is 0 Å². The molecule has 84 valence electrons. The van der Waals surface area contributed by atoms with Crippen LogP contribution in [0.3, 0.4) is 0 Å². The number of ether oxygens (including phenoxy) is 2. The van der Waals surface area contributed by atoms with E-state index in [0.717, 1.165) is 12.8 Å². The smallest absolute Gasteiger partial charge is 0.305 e. The molecule has 14 heavy (non-hydrogen) atoms. The lowest BCUT2D eigenvalue weighted by molar-refractivity contribution is -0.138. The van der Waals surface area contributed by atoms with Crippen LogP contribution in [0, 0.1) is 0 Å². The molecule has 0 saturated carbocycles. The van der Waals surface area contributed by atoms with Crippen LogP contribution in [0.1, 0.15) is 25.7 Å². The van der Waals surface area contributed by atoms with E-state index in [-0.39, 0.29) is 24.2 Å². The van der Waals surface area contributed by atoms with Crippen LogP contribution >= 0.6 is 0 Å². The molecule has 0 spiro atoms. The monoisotopic (exact) mass is 206 g/mol. The molecule has 0 aromatic carbocycles. The number of rotatable bonds is 0. The standard InChI is InChI=1S/2C4H6O2.2H3N/c2*5-4-2-1-3-6-4;;/h2*1-3H2;2*1H3. The average molecular weight is 206 g/mol. The fourth-order valence-electron chi connectivity index (χ4n) is 0.949. The molecule has 2 heterocycles. The van der Waals surface area contributed by atoms with Gasteiger partial charge in [-0.25, -0.2) is 0 Å². The van der Waals surface area contributed by atoms with Gasteiger partial charge in [0.05, 0.1) is 13.2 Å². The van der Waals surface area contributed by atoms with Crippen LogP contribution in [-0.2, 0) is 19.1 Å². The Bertz CT molecular complexity index is 148. The zero-order valence-corrected chi connectivity index (χ0v) is 8.29. The Balaban J connectivity index is 0. The van der Waals surface area contributed by atoms with Gasteiger partial charge in [-0.3, -0.25) is 9.59 Å². The number of carbonyl (C=O) groups is 2. The van der Waals surface area contributed by atoms with Crippen LogP contribution in [0.15, 0.2) is 0 Å². The van der Waals surface area contributed by atoms with Crippen LogP contribution in [0.4, 0.5) is 0 Å². The van der Waals surface area contributed by atoms with Crippen molar-refractivity contribution in [2.45, 2.75) is 25.7 Å². The van der Waals surface area contributed by atoms with Gasteiger partial charge < -0.3 is 21.8 Å². The average Bonchev–Trinajstić information content (AvgIpc) is 2.63. The first-order chi connectivity index (χ1) is 5.79. The van der Waals surface area contributed by atoms with Gasteiger partial charge in [-0.2, -0.15) is 0 Å². The molecule has 2 rings (SSSR count). The summed E-state index contributed by atoms with van der Waals surface area (Å²) in [5, 5.41) is 0. The normalized spacial score (nSPS) is 18.0. The van der Waals surface area contributed by atoms with E-state index >= 15 is 0 Å². The van der Waals surface area contributed by atoms with Gasteiger partial charge >= 0.3 is 11.9 Å². The van der Waals surface area contributed by atoms with Crippen molar-refractivity contribution in [2.24, 2.45) is 0 Å². The summed E-state index contributed by atoms with van der Waals surface area (Å²) in [4.78, 5) is 20.0. The maximum absolute atomic E-state index is 10.0. The summed E-state index contributed by atoms with van der Waals surface area (Å²) < 4.78 is 9.03. The van der Waals surface area contributed by atoms with Crippen LogP contribution < -0.4 is 12.3 Å². The molecule has 6 N–H and O–H groups in total. The van der Waals surface area contributed by atoms with E-state index in [1.54, 1.807) is 0 Å². The van der Waals surface area contributed by atoms with Crippen molar-refractivity contribution < 1.29 is 19.1 Å². The highest BCUT2D eigenvalue weighted by atomic mass is 16.5. The Hall–Kier alpha value is -1.14. The van der Waals surface area contributed by atoms with Gasteiger partial charge in [0.25, 0.3) is 0 Å². The van der Waals surface area contributed by atoms with E-state index in [1.165, 1.54) is 0 Å². The maximum atomic E-state index is 10.0. The molecular formula is C8H18N2O4. The van der Waals surface area contributed by atoms with Crippen molar-refractivity contribution in [2.75, 3.05) is 13.2 Å². The second-order valence-electron chi connectivity index (χ2n) is 2.65. The van der Waals surface area contributed by atoms with Crippen molar-refractivity contribution in [3.8, 4) is 0 Å². The largest absolute Gasteiger partial charge is 0.466 e. The SMILES string of the molecule is N.N.O=C1CCCO1.O=C1CCCO1. The topological polar surface area (TPSA) is 123 Å². The minimum absolute atomic E-state index is 0. The van der Waals surface area contributed by atoms with Crippen molar-refractivity contribution in [3.63, 3.8) is 0 Å². The highest BCUT2D eigenvalue weighted by Gasteiger charge is 2.08. The predicted octanol–water partition coefficient (Wildman–Crippen LogP) is 0.971. The van der Waals surface area contributed by atoms with Gasteiger partial charge in [-0.1, -0.05) is 0 Å². The lowest BCUT2D eigenvalue weighted by Gasteiger charge is -1.81. The lowest BCUT2D eigenvalue weighted by Crippen LogP contribution is -1.88. The van der Waals surface area contributed by atoms with E-state index in [9.17, 15) is 9.59 Å². The Kier molecular flexibility index (Phi) is 9.27. The zero-order chi connectivity index (χ0) is 8.81. The van der Waals surface area contributed by atoms with Crippen molar-refractivity contribution in [1.82, 2.24) is 12.3 Å². The molecule has 2 fully saturated rings. The number of hydrogen-bond acceptors (Lipinski definition) is 6.